The molecule has 0 bridgehead atoms. The highest BCUT2D eigenvalue weighted by atomic mass is 16.5. The molecule has 0 atom stereocenters. The number of ether oxygens (including phenoxy) is 1. The van der Waals surface area contributed by atoms with Crippen molar-refractivity contribution in [3.8, 4) is 11.3 Å². The molecule has 0 fully saturated rings. The summed E-state index contributed by atoms with van der Waals surface area (Å²) < 4.78 is 5.10. The number of hydrogen-bond donors (Lipinski definition) is 2. The molecule has 0 aliphatic carbocycles. The van der Waals surface area contributed by atoms with E-state index in [1.165, 1.54) is 11.1 Å². The van der Waals surface area contributed by atoms with Crippen LogP contribution < -0.4 is 10.6 Å². The molecule has 134 valence electrons. The zero-order valence-corrected chi connectivity index (χ0v) is 15.4. The van der Waals surface area contributed by atoms with Gasteiger partial charge in [-0.15, -0.1) is 0 Å². The van der Waals surface area contributed by atoms with Gasteiger partial charge in [0.25, 0.3) is 0 Å². The van der Waals surface area contributed by atoms with Crippen LogP contribution in [-0.4, -0.2) is 30.2 Å². The number of aryl methyl sites for hydroxylation is 2. The van der Waals surface area contributed by atoms with E-state index in [4.69, 9.17) is 4.74 Å². The summed E-state index contributed by atoms with van der Waals surface area (Å²) in [5.41, 5.74) is 5.36. The van der Waals surface area contributed by atoms with Gasteiger partial charge < -0.3 is 15.4 Å². The third kappa shape index (κ3) is 4.80. The standard InChI is InChI=1S/C21H24N4O/c1-15-11-16(2)13-18(12-15)23-20-14-19(17-7-5-4-6-8-17)24-21(25-20)22-9-10-26-3/h4-8,11-14H,9-10H2,1-3H3,(H2,22,23,24,25). The van der Waals surface area contributed by atoms with Crippen LogP contribution in [-0.2, 0) is 4.74 Å². The number of methoxy groups -OCH3 is 1. The van der Waals surface area contributed by atoms with Gasteiger partial charge in [0.1, 0.15) is 5.82 Å². The van der Waals surface area contributed by atoms with E-state index >= 15 is 0 Å². The number of benzene rings is 2. The van der Waals surface area contributed by atoms with Crippen molar-refractivity contribution in [1.82, 2.24) is 9.97 Å². The quantitative estimate of drug-likeness (QED) is 0.613. The van der Waals surface area contributed by atoms with Gasteiger partial charge in [0.2, 0.25) is 5.95 Å². The van der Waals surface area contributed by atoms with E-state index in [9.17, 15) is 0 Å². The molecule has 2 aromatic carbocycles. The van der Waals surface area contributed by atoms with E-state index in [-0.39, 0.29) is 0 Å². The van der Waals surface area contributed by atoms with Crippen molar-refractivity contribution in [2.75, 3.05) is 30.9 Å². The SMILES string of the molecule is COCCNc1nc(Nc2cc(C)cc(C)c2)cc(-c2ccccc2)n1. The molecular weight excluding hydrogens is 324 g/mol. The van der Waals surface area contributed by atoms with Gasteiger partial charge >= 0.3 is 0 Å². The third-order valence-corrected chi connectivity index (χ3v) is 3.88. The van der Waals surface area contributed by atoms with Crippen LogP contribution in [0.15, 0.2) is 54.6 Å². The van der Waals surface area contributed by atoms with Gasteiger partial charge in [-0.25, -0.2) is 4.98 Å². The fourth-order valence-corrected chi connectivity index (χ4v) is 2.81. The Hall–Kier alpha value is -2.92. The summed E-state index contributed by atoms with van der Waals surface area (Å²) in [6.07, 6.45) is 0. The van der Waals surface area contributed by atoms with E-state index in [0.717, 1.165) is 22.8 Å². The molecule has 1 heterocycles. The summed E-state index contributed by atoms with van der Waals surface area (Å²) >= 11 is 0. The average Bonchev–Trinajstić information content (AvgIpc) is 2.62. The molecule has 0 spiro atoms. The highest BCUT2D eigenvalue weighted by molar-refractivity contribution is 5.67. The molecule has 2 N–H and O–H groups in total. The predicted octanol–water partition coefficient (Wildman–Crippen LogP) is 4.56. The van der Waals surface area contributed by atoms with E-state index in [0.29, 0.717) is 19.1 Å². The molecule has 3 rings (SSSR count). The molecule has 3 aromatic rings. The molecule has 1 aromatic heterocycles. The molecule has 0 radical (unpaired) electrons. The fourth-order valence-electron chi connectivity index (χ4n) is 2.81. The topological polar surface area (TPSA) is 59.1 Å². The Morgan fingerprint density at radius 2 is 1.65 bits per heavy atom. The molecule has 0 aliphatic heterocycles. The van der Waals surface area contributed by atoms with Crippen molar-refractivity contribution in [1.29, 1.82) is 0 Å². The molecule has 0 aliphatic rings. The van der Waals surface area contributed by atoms with Gasteiger partial charge in [-0.1, -0.05) is 36.4 Å². The van der Waals surface area contributed by atoms with Crippen molar-refractivity contribution < 1.29 is 4.74 Å². The first-order chi connectivity index (χ1) is 12.6. The van der Waals surface area contributed by atoms with Gasteiger partial charge in [0.15, 0.2) is 0 Å². The van der Waals surface area contributed by atoms with E-state index in [2.05, 4.69) is 52.6 Å². The number of hydrogen-bond acceptors (Lipinski definition) is 5. The molecule has 5 nitrogen and oxygen atoms in total. The monoisotopic (exact) mass is 348 g/mol. The smallest absolute Gasteiger partial charge is 0.225 e. The Labute approximate surface area is 154 Å². The number of nitrogens with zero attached hydrogens (tertiary/aromatic N) is 2. The molecule has 5 heteroatoms. The van der Waals surface area contributed by atoms with Crippen LogP contribution in [0.3, 0.4) is 0 Å². The molecular formula is C21H24N4O. The highest BCUT2D eigenvalue weighted by Crippen LogP contribution is 2.24. The minimum Gasteiger partial charge on any atom is -0.383 e. The maximum Gasteiger partial charge on any atom is 0.225 e. The van der Waals surface area contributed by atoms with Crippen LogP contribution in [0.5, 0.6) is 0 Å². The van der Waals surface area contributed by atoms with Crippen LogP contribution in [0.4, 0.5) is 17.5 Å². The van der Waals surface area contributed by atoms with Gasteiger partial charge in [0, 0.05) is 31.0 Å². The molecule has 0 amide bonds. The summed E-state index contributed by atoms with van der Waals surface area (Å²) in [4.78, 5) is 9.23. The molecule has 0 saturated heterocycles. The lowest BCUT2D eigenvalue weighted by Gasteiger charge is -2.12. The first kappa shape index (κ1) is 17.9. The molecule has 0 saturated carbocycles. The number of aromatic nitrogens is 2. The Balaban J connectivity index is 1.93. The lowest BCUT2D eigenvalue weighted by atomic mass is 10.1. The van der Waals surface area contributed by atoms with E-state index in [1.54, 1.807) is 7.11 Å². The number of rotatable bonds is 7. The van der Waals surface area contributed by atoms with Gasteiger partial charge in [-0.3, -0.25) is 0 Å². The fraction of sp³-hybridized carbons (Fsp3) is 0.238. The van der Waals surface area contributed by atoms with Gasteiger partial charge in [0.05, 0.1) is 12.3 Å². The van der Waals surface area contributed by atoms with Crippen molar-refractivity contribution in [2.45, 2.75) is 13.8 Å². The minimum atomic E-state index is 0.579. The highest BCUT2D eigenvalue weighted by Gasteiger charge is 2.07. The Morgan fingerprint density at radius 1 is 0.923 bits per heavy atom. The Morgan fingerprint density at radius 3 is 2.35 bits per heavy atom. The zero-order chi connectivity index (χ0) is 18.4. The van der Waals surface area contributed by atoms with Gasteiger partial charge in [-0.05, 0) is 37.1 Å². The average molecular weight is 348 g/mol. The minimum absolute atomic E-state index is 0.579. The number of anilines is 3. The maximum atomic E-state index is 5.10. The third-order valence-electron chi connectivity index (χ3n) is 3.88. The molecule has 26 heavy (non-hydrogen) atoms. The van der Waals surface area contributed by atoms with Crippen molar-refractivity contribution >= 4 is 17.5 Å². The summed E-state index contributed by atoms with van der Waals surface area (Å²) in [5.74, 6) is 1.33. The van der Waals surface area contributed by atoms with Crippen LogP contribution in [0.25, 0.3) is 11.3 Å². The first-order valence-corrected chi connectivity index (χ1v) is 8.66. The van der Waals surface area contributed by atoms with Crippen LogP contribution in [0.1, 0.15) is 11.1 Å². The van der Waals surface area contributed by atoms with Crippen LogP contribution >= 0.6 is 0 Å². The second kappa shape index (κ2) is 8.45. The second-order valence-corrected chi connectivity index (χ2v) is 6.25. The van der Waals surface area contributed by atoms with Crippen LogP contribution in [0, 0.1) is 13.8 Å². The van der Waals surface area contributed by atoms with Gasteiger partial charge in [-0.2, -0.15) is 4.98 Å². The summed E-state index contributed by atoms with van der Waals surface area (Å²) in [6.45, 7) is 5.42. The zero-order valence-electron chi connectivity index (χ0n) is 15.4. The van der Waals surface area contributed by atoms with E-state index in [1.807, 2.05) is 36.4 Å². The maximum absolute atomic E-state index is 5.10. The summed E-state index contributed by atoms with van der Waals surface area (Å²) in [6, 6.07) is 18.4. The summed E-state index contributed by atoms with van der Waals surface area (Å²) in [7, 11) is 1.68. The largest absolute Gasteiger partial charge is 0.383 e. The lowest BCUT2D eigenvalue weighted by molar-refractivity contribution is 0.210. The van der Waals surface area contributed by atoms with Crippen molar-refractivity contribution in [2.24, 2.45) is 0 Å². The number of nitrogens with one attached hydrogen (secondary N) is 2. The Bertz CT molecular complexity index is 845. The second-order valence-electron chi connectivity index (χ2n) is 6.25. The van der Waals surface area contributed by atoms with Crippen molar-refractivity contribution in [3.63, 3.8) is 0 Å². The van der Waals surface area contributed by atoms with Crippen LogP contribution in [0.2, 0.25) is 0 Å². The normalized spacial score (nSPS) is 10.6. The lowest BCUT2D eigenvalue weighted by Crippen LogP contribution is -2.11. The predicted molar refractivity (Wildman–Crippen MR) is 107 cm³/mol. The van der Waals surface area contributed by atoms with E-state index < -0.39 is 0 Å². The Kier molecular flexibility index (Phi) is 5.81. The van der Waals surface area contributed by atoms with Crippen molar-refractivity contribution in [3.05, 3.63) is 65.7 Å². The molecule has 0 unspecified atom stereocenters. The first-order valence-electron chi connectivity index (χ1n) is 8.66. The summed E-state index contributed by atoms with van der Waals surface area (Å²) in [5, 5.41) is 6.62.